The third kappa shape index (κ3) is 7.01. The average molecular weight is 253 g/mol. The van der Waals surface area contributed by atoms with E-state index in [0.717, 1.165) is 44.3 Å². The maximum absolute atomic E-state index is 12.9. The van der Waals surface area contributed by atoms with Gasteiger partial charge in [-0.05, 0) is 50.0 Å². The second-order valence-electron chi connectivity index (χ2n) is 4.33. The molecular formula is C14H20FNO2. The van der Waals surface area contributed by atoms with Crippen molar-refractivity contribution in [2.24, 2.45) is 0 Å². The van der Waals surface area contributed by atoms with E-state index in [1.165, 1.54) is 6.07 Å². The molecule has 0 heterocycles. The van der Waals surface area contributed by atoms with Gasteiger partial charge in [-0.1, -0.05) is 18.6 Å². The molecule has 0 spiro atoms. The van der Waals surface area contributed by atoms with Crippen LogP contribution in [0, 0.1) is 5.82 Å². The fourth-order valence-electron chi connectivity index (χ4n) is 1.75. The molecule has 0 bridgehead atoms. The summed E-state index contributed by atoms with van der Waals surface area (Å²) in [4.78, 5) is 10.3. The molecule has 0 radical (unpaired) electrons. The number of unbranched alkanes of at least 4 members (excludes halogenated alkanes) is 2. The number of aliphatic carboxylic acids is 1. The van der Waals surface area contributed by atoms with Gasteiger partial charge >= 0.3 is 5.97 Å². The Labute approximate surface area is 107 Å². The number of carboxylic acid groups (broad SMARTS) is 1. The lowest BCUT2D eigenvalue weighted by Crippen LogP contribution is -2.18. The first-order valence-corrected chi connectivity index (χ1v) is 6.35. The molecule has 0 saturated carbocycles. The van der Waals surface area contributed by atoms with Gasteiger partial charge < -0.3 is 10.4 Å². The number of carbonyl (C=O) groups is 1. The topological polar surface area (TPSA) is 49.3 Å². The minimum atomic E-state index is -0.728. The van der Waals surface area contributed by atoms with Crippen molar-refractivity contribution in [2.45, 2.75) is 32.1 Å². The number of halogens is 1. The van der Waals surface area contributed by atoms with Gasteiger partial charge in [0, 0.05) is 6.42 Å². The highest BCUT2D eigenvalue weighted by molar-refractivity contribution is 5.66. The molecule has 0 saturated heterocycles. The van der Waals surface area contributed by atoms with Crippen LogP contribution < -0.4 is 5.32 Å². The summed E-state index contributed by atoms with van der Waals surface area (Å²) in [7, 11) is 0. The molecule has 100 valence electrons. The van der Waals surface area contributed by atoms with E-state index < -0.39 is 5.97 Å². The molecule has 0 atom stereocenters. The van der Waals surface area contributed by atoms with Gasteiger partial charge in [0.05, 0.1) is 0 Å². The Morgan fingerprint density at radius 2 is 2.06 bits per heavy atom. The number of nitrogens with one attached hydrogen (secondary N) is 1. The molecule has 0 unspecified atom stereocenters. The summed E-state index contributed by atoms with van der Waals surface area (Å²) in [6.07, 6.45) is 3.72. The van der Waals surface area contributed by atoms with Crippen LogP contribution in [0.5, 0.6) is 0 Å². The summed E-state index contributed by atoms with van der Waals surface area (Å²) in [5, 5.41) is 11.7. The molecule has 0 amide bonds. The average Bonchev–Trinajstić information content (AvgIpc) is 2.32. The summed E-state index contributed by atoms with van der Waals surface area (Å²) < 4.78 is 12.9. The Hall–Kier alpha value is -1.42. The number of hydrogen-bond donors (Lipinski definition) is 2. The SMILES string of the molecule is O=C(O)CCCCCNCCc1cccc(F)c1. The maximum atomic E-state index is 12.9. The Bertz CT molecular complexity index is 369. The number of rotatable bonds is 9. The lowest BCUT2D eigenvalue weighted by atomic mass is 10.1. The minimum Gasteiger partial charge on any atom is -0.481 e. The number of benzene rings is 1. The zero-order valence-electron chi connectivity index (χ0n) is 10.5. The van der Waals surface area contributed by atoms with Crippen LogP contribution in [-0.2, 0) is 11.2 Å². The van der Waals surface area contributed by atoms with Crippen LogP contribution in [0.3, 0.4) is 0 Å². The first-order chi connectivity index (χ1) is 8.68. The van der Waals surface area contributed by atoms with Crippen LogP contribution in [0.15, 0.2) is 24.3 Å². The molecule has 4 heteroatoms. The molecule has 18 heavy (non-hydrogen) atoms. The third-order valence-corrected chi connectivity index (χ3v) is 2.72. The minimum absolute atomic E-state index is 0.193. The van der Waals surface area contributed by atoms with Gasteiger partial charge in [0.2, 0.25) is 0 Å². The Morgan fingerprint density at radius 1 is 1.22 bits per heavy atom. The van der Waals surface area contributed by atoms with Crippen LogP contribution >= 0.6 is 0 Å². The highest BCUT2D eigenvalue weighted by Crippen LogP contribution is 2.03. The molecule has 0 aliphatic heterocycles. The highest BCUT2D eigenvalue weighted by Gasteiger charge is 1.97. The summed E-state index contributed by atoms with van der Waals surface area (Å²) in [6.45, 7) is 1.71. The standard InChI is InChI=1S/C14H20FNO2/c15-13-6-4-5-12(11-13)8-10-16-9-3-1-2-7-14(17)18/h4-6,11,16H,1-3,7-10H2,(H,17,18). The van der Waals surface area contributed by atoms with Crippen molar-refractivity contribution in [1.29, 1.82) is 0 Å². The van der Waals surface area contributed by atoms with E-state index in [0.29, 0.717) is 0 Å². The van der Waals surface area contributed by atoms with E-state index in [4.69, 9.17) is 5.11 Å². The fraction of sp³-hybridized carbons (Fsp3) is 0.500. The molecule has 0 fully saturated rings. The van der Waals surface area contributed by atoms with Crippen molar-refractivity contribution < 1.29 is 14.3 Å². The van der Waals surface area contributed by atoms with Crippen molar-refractivity contribution in [1.82, 2.24) is 5.32 Å². The second-order valence-corrected chi connectivity index (χ2v) is 4.33. The van der Waals surface area contributed by atoms with E-state index in [-0.39, 0.29) is 12.2 Å². The van der Waals surface area contributed by atoms with Crippen LogP contribution in [0.1, 0.15) is 31.2 Å². The van der Waals surface area contributed by atoms with Crippen LogP contribution in [-0.4, -0.2) is 24.2 Å². The van der Waals surface area contributed by atoms with Gasteiger partial charge in [0.15, 0.2) is 0 Å². The maximum Gasteiger partial charge on any atom is 0.303 e. The number of hydrogen-bond acceptors (Lipinski definition) is 2. The molecule has 1 rings (SSSR count). The molecule has 1 aromatic rings. The molecule has 0 aliphatic rings. The summed E-state index contributed by atoms with van der Waals surface area (Å²) in [5.41, 5.74) is 0.994. The Balaban J connectivity index is 1.97. The van der Waals surface area contributed by atoms with Crippen LogP contribution in [0.4, 0.5) is 4.39 Å². The van der Waals surface area contributed by atoms with Crippen molar-refractivity contribution in [2.75, 3.05) is 13.1 Å². The monoisotopic (exact) mass is 253 g/mol. The van der Waals surface area contributed by atoms with Crippen molar-refractivity contribution in [3.8, 4) is 0 Å². The first kappa shape index (κ1) is 14.6. The summed E-state index contributed by atoms with van der Waals surface area (Å²) in [6, 6.07) is 6.63. The lowest BCUT2D eigenvalue weighted by Gasteiger charge is -2.04. The van der Waals surface area contributed by atoms with Crippen LogP contribution in [0.25, 0.3) is 0 Å². The van der Waals surface area contributed by atoms with E-state index in [9.17, 15) is 9.18 Å². The summed E-state index contributed by atoms with van der Waals surface area (Å²) >= 11 is 0. The van der Waals surface area contributed by atoms with E-state index in [1.54, 1.807) is 12.1 Å². The smallest absolute Gasteiger partial charge is 0.303 e. The lowest BCUT2D eigenvalue weighted by molar-refractivity contribution is -0.137. The second kappa shape index (κ2) is 8.64. The Kier molecular flexibility index (Phi) is 7.03. The number of carboxylic acids is 1. The normalized spacial score (nSPS) is 10.5. The van der Waals surface area contributed by atoms with Gasteiger partial charge in [-0.3, -0.25) is 4.79 Å². The Morgan fingerprint density at radius 3 is 2.78 bits per heavy atom. The van der Waals surface area contributed by atoms with Crippen LogP contribution in [0.2, 0.25) is 0 Å². The first-order valence-electron chi connectivity index (χ1n) is 6.35. The van der Waals surface area contributed by atoms with Gasteiger partial charge in [-0.2, -0.15) is 0 Å². The third-order valence-electron chi connectivity index (χ3n) is 2.72. The predicted octanol–water partition coefficient (Wildman–Crippen LogP) is 2.60. The van der Waals surface area contributed by atoms with Crippen molar-refractivity contribution in [3.63, 3.8) is 0 Å². The van der Waals surface area contributed by atoms with Crippen molar-refractivity contribution >= 4 is 5.97 Å². The van der Waals surface area contributed by atoms with Gasteiger partial charge in [0.1, 0.15) is 5.82 Å². The molecule has 1 aromatic carbocycles. The van der Waals surface area contributed by atoms with E-state index in [2.05, 4.69) is 5.32 Å². The molecule has 2 N–H and O–H groups in total. The molecule has 0 aromatic heterocycles. The molecule has 0 aliphatic carbocycles. The van der Waals surface area contributed by atoms with E-state index >= 15 is 0 Å². The molecular weight excluding hydrogens is 233 g/mol. The highest BCUT2D eigenvalue weighted by atomic mass is 19.1. The van der Waals surface area contributed by atoms with E-state index in [1.807, 2.05) is 6.07 Å². The fourth-order valence-corrected chi connectivity index (χ4v) is 1.75. The van der Waals surface area contributed by atoms with Crippen molar-refractivity contribution in [3.05, 3.63) is 35.6 Å². The zero-order valence-corrected chi connectivity index (χ0v) is 10.5. The van der Waals surface area contributed by atoms with Gasteiger partial charge in [-0.25, -0.2) is 4.39 Å². The van der Waals surface area contributed by atoms with Gasteiger partial charge in [-0.15, -0.1) is 0 Å². The largest absolute Gasteiger partial charge is 0.481 e. The predicted molar refractivity (Wildman–Crippen MR) is 69.1 cm³/mol. The summed E-state index contributed by atoms with van der Waals surface area (Å²) in [5.74, 6) is -0.921. The molecule has 3 nitrogen and oxygen atoms in total. The quantitative estimate of drug-likeness (QED) is 0.665. The van der Waals surface area contributed by atoms with Gasteiger partial charge in [0.25, 0.3) is 0 Å². The zero-order chi connectivity index (χ0) is 13.2.